The number of hydrogen-bond acceptors (Lipinski definition) is 3. The molecule has 0 aliphatic carbocycles. The first kappa shape index (κ1) is 17.5. The minimum atomic E-state index is -4.56. The van der Waals surface area contributed by atoms with Crippen LogP contribution < -0.4 is 4.74 Å². The number of aldehydes is 1. The Kier molecular flexibility index (Phi) is 4.92. The van der Waals surface area contributed by atoms with Gasteiger partial charge >= 0.3 is 12.1 Å². The molecule has 0 bridgehead atoms. The molecule has 0 atom stereocenters. The first-order chi connectivity index (χ1) is 11.3. The van der Waals surface area contributed by atoms with Crippen LogP contribution in [0.2, 0.25) is 0 Å². The van der Waals surface area contributed by atoms with E-state index in [-0.39, 0.29) is 17.5 Å². The maximum atomic E-state index is 12.8. The van der Waals surface area contributed by atoms with Crippen molar-refractivity contribution in [3.05, 3.63) is 53.1 Å². The molecule has 0 saturated carbocycles. The predicted octanol–water partition coefficient (Wildman–Crippen LogP) is 3.82. The van der Waals surface area contributed by atoms with Crippen LogP contribution in [0.25, 0.3) is 11.1 Å². The van der Waals surface area contributed by atoms with Gasteiger partial charge in [-0.05, 0) is 35.4 Å². The number of hydrogen-bond donors (Lipinski definition) is 1. The van der Waals surface area contributed by atoms with Crippen molar-refractivity contribution in [3.8, 4) is 16.9 Å². The molecule has 0 heterocycles. The molecule has 7 heteroatoms. The molecule has 2 rings (SSSR count). The number of aliphatic carboxylic acids is 1. The van der Waals surface area contributed by atoms with E-state index in [0.29, 0.717) is 23.2 Å². The summed E-state index contributed by atoms with van der Waals surface area (Å²) >= 11 is 0. The molecule has 0 amide bonds. The van der Waals surface area contributed by atoms with Crippen LogP contribution in [0.3, 0.4) is 0 Å². The molecule has 126 valence electrons. The highest BCUT2D eigenvalue weighted by Crippen LogP contribution is 2.36. The van der Waals surface area contributed by atoms with Gasteiger partial charge in [0.2, 0.25) is 0 Å². The van der Waals surface area contributed by atoms with Crippen molar-refractivity contribution in [1.29, 1.82) is 0 Å². The Hall–Kier alpha value is -2.83. The van der Waals surface area contributed by atoms with E-state index in [9.17, 15) is 22.8 Å². The summed E-state index contributed by atoms with van der Waals surface area (Å²) in [4.78, 5) is 22.1. The van der Waals surface area contributed by atoms with Crippen molar-refractivity contribution in [2.24, 2.45) is 0 Å². The van der Waals surface area contributed by atoms with Gasteiger partial charge in [-0.25, -0.2) is 0 Å². The highest BCUT2D eigenvalue weighted by Gasteiger charge is 2.31. The Morgan fingerprint density at radius 2 is 1.88 bits per heavy atom. The molecule has 24 heavy (non-hydrogen) atoms. The maximum Gasteiger partial charge on any atom is 0.416 e. The fraction of sp³-hybridized carbons (Fsp3) is 0.176. The second-order valence-corrected chi connectivity index (χ2v) is 5.02. The van der Waals surface area contributed by atoms with E-state index in [2.05, 4.69) is 0 Å². The van der Waals surface area contributed by atoms with E-state index in [0.717, 1.165) is 12.1 Å². The lowest BCUT2D eigenvalue weighted by molar-refractivity contribution is -0.138. The molecule has 4 nitrogen and oxygen atoms in total. The van der Waals surface area contributed by atoms with Gasteiger partial charge in [-0.3, -0.25) is 9.59 Å². The van der Waals surface area contributed by atoms with Gasteiger partial charge in [0.05, 0.1) is 19.1 Å². The molecule has 0 saturated heterocycles. The number of alkyl halides is 3. The topological polar surface area (TPSA) is 63.6 Å². The van der Waals surface area contributed by atoms with Gasteiger partial charge in [0.25, 0.3) is 0 Å². The van der Waals surface area contributed by atoms with E-state index < -0.39 is 17.7 Å². The van der Waals surface area contributed by atoms with Crippen molar-refractivity contribution >= 4 is 12.3 Å². The summed E-state index contributed by atoms with van der Waals surface area (Å²) in [5, 5.41) is 8.87. The molecule has 0 aromatic heterocycles. The summed E-state index contributed by atoms with van der Waals surface area (Å²) in [5.74, 6) is -0.721. The molecule has 2 aromatic rings. The Morgan fingerprint density at radius 1 is 1.17 bits per heavy atom. The third kappa shape index (κ3) is 3.73. The molecular weight excluding hydrogens is 325 g/mol. The van der Waals surface area contributed by atoms with Gasteiger partial charge in [0.1, 0.15) is 5.75 Å². The van der Waals surface area contributed by atoms with Crippen molar-refractivity contribution in [2.45, 2.75) is 12.6 Å². The normalized spacial score (nSPS) is 11.2. The quantitative estimate of drug-likeness (QED) is 0.842. The van der Waals surface area contributed by atoms with Gasteiger partial charge in [-0.2, -0.15) is 13.2 Å². The number of halogens is 3. The lowest BCUT2D eigenvalue weighted by Crippen LogP contribution is -2.06. The summed E-state index contributed by atoms with van der Waals surface area (Å²) in [7, 11) is 1.38. The Labute approximate surface area is 135 Å². The number of methoxy groups -OCH3 is 1. The smallest absolute Gasteiger partial charge is 0.416 e. The molecular formula is C17H13F3O4. The third-order valence-corrected chi connectivity index (χ3v) is 3.42. The van der Waals surface area contributed by atoms with Crippen LogP contribution in [-0.2, 0) is 17.4 Å². The largest absolute Gasteiger partial charge is 0.496 e. The summed E-state index contributed by atoms with van der Waals surface area (Å²) in [6.07, 6.45) is -4.49. The fourth-order valence-corrected chi connectivity index (χ4v) is 2.33. The first-order valence-electron chi connectivity index (χ1n) is 6.81. The number of carboxylic acid groups (broad SMARTS) is 1. The van der Waals surface area contributed by atoms with Crippen LogP contribution >= 0.6 is 0 Å². The summed E-state index contributed by atoms with van der Waals surface area (Å²) in [6, 6.07) is 7.34. The number of carbonyl (C=O) groups excluding carboxylic acids is 1. The average molecular weight is 338 g/mol. The number of benzene rings is 2. The van der Waals surface area contributed by atoms with Gasteiger partial charge in [-0.15, -0.1) is 0 Å². The van der Waals surface area contributed by atoms with Crippen LogP contribution in [0.1, 0.15) is 21.5 Å². The summed E-state index contributed by atoms with van der Waals surface area (Å²) in [5.41, 5.74) is -0.0613. The van der Waals surface area contributed by atoms with Crippen LogP contribution in [0.15, 0.2) is 36.4 Å². The van der Waals surface area contributed by atoms with E-state index in [4.69, 9.17) is 9.84 Å². The zero-order valence-electron chi connectivity index (χ0n) is 12.6. The van der Waals surface area contributed by atoms with E-state index in [1.807, 2.05) is 0 Å². The highest BCUT2D eigenvalue weighted by molar-refractivity contribution is 5.90. The van der Waals surface area contributed by atoms with E-state index in [1.54, 1.807) is 6.07 Å². The highest BCUT2D eigenvalue weighted by atomic mass is 19.4. The zero-order chi connectivity index (χ0) is 17.9. The standard InChI is InChI=1S/C17H13F3O4/c1-24-15-5-2-10(7-16(22)23)6-14(15)13-4-3-12(17(18,19)20)8-11(13)9-21/h2-6,8-9H,7H2,1H3,(H,22,23). The van der Waals surface area contributed by atoms with Crippen LogP contribution in [0.5, 0.6) is 5.75 Å². The monoisotopic (exact) mass is 338 g/mol. The van der Waals surface area contributed by atoms with Gasteiger partial charge in [-0.1, -0.05) is 12.1 Å². The molecule has 0 radical (unpaired) electrons. The van der Waals surface area contributed by atoms with E-state index in [1.165, 1.54) is 25.3 Å². The maximum absolute atomic E-state index is 12.8. The SMILES string of the molecule is COc1ccc(CC(=O)O)cc1-c1ccc(C(F)(F)F)cc1C=O. The number of rotatable bonds is 5. The molecule has 0 unspecified atom stereocenters. The molecule has 2 aromatic carbocycles. The molecule has 0 spiro atoms. The number of carbonyl (C=O) groups is 2. The predicted molar refractivity (Wildman–Crippen MR) is 80.2 cm³/mol. The Bertz CT molecular complexity index is 782. The fourth-order valence-electron chi connectivity index (χ4n) is 2.33. The van der Waals surface area contributed by atoms with Crippen molar-refractivity contribution in [1.82, 2.24) is 0 Å². The second kappa shape index (κ2) is 6.74. The number of ether oxygens (including phenoxy) is 1. The van der Waals surface area contributed by atoms with Gasteiger partial charge in [0, 0.05) is 11.1 Å². The zero-order valence-corrected chi connectivity index (χ0v) is 12.6. The third-order valence-electron chi connectivity index (χ3n) is 3.42. The summed E-state index contributed by atoms with van der Waals surface area (Å²) in [6.45, 7) is 0. The van der Waals surface area contributed by atoms with Gasteiger partial charge in [0.15, 0.2) is 6.29 Å². The Morgan fingerprint density at radius 3 is 2.42 bits per heavy atom. The average Bonchev–Trinajstić information content (AvgIpc) is 2.52. The second-order valence-electron chi connectivity index (χ2n) is 5.02. The molecule has 1 N–H and O–H groups in total. The molecule has 0 aliphatic heterocycles. The minimum absolute atomic E-state index is 0.157. The first-order valence-corrected chi connectivity index (χ1v) is 6.81. The lowest BCUT2D eigenvalue weighted by atomic mass is 9.95. The van der Waals surface area contributed by atoms with Crippen molar-refractivity contribution < 1.29 is 32.6 Å². The van der Waals surface area contributed by atoms with Crippen LogP contribution in [-0.4, -0.2) is 24.5 Å². The Balaban J connectivity index is 2.61. The van der Waals surface area contributed by atoms with Crippen LogP contribution in [0.4, 0.5) is 13.2 Å². The van der Waals surface area contributed by atoms with Gasteiger partial charge < -0.3 is 9.84 Å². The van der Waals surface area contributed by atoms with E-state index >= 15 is 0 Å². The molecule has 0 fully saturated rings. The minimum Gasteiger partial charge on any atom is -0.496 e. The lowest BCUT2D eigenvalue weighted by Gasteiger charge is -2.14. The van der Waals surface area contributed by atoms with Crippen molar-refractivity contribution in [2.75, 3.05) is 7.11 Å². The molecule has 0 aliphatic rings. The van der Waals surface area contributed by atoms with Crippen molar-refractivity contribution in [3.63, 3.8) is 0 Å². The van der Waals surface area contributed by atoms with Crippen LogP contribution in [0, 0.1) is 0 Å². The number of carboxylic acids is 1. The summed E-state index contributed by atoms with van der Waals surface area (Å²) < 4.78 is 43.5.